The molecule has 1 aliphatic rings. The molecule has 1 aromatic heterocycles. The van der Waals surface area contributed by atoms with Crippen molar-refractivity contribution in [2.75, 3.05) is 11.9 Å². The Balaban J connectivity index is 1.78. The van der Waals surface area contributed by atoms with Gasteiger partial charge in [-0.2, -0.15) is 0 Å². The number of benzene rings is 1. The predicted molar refractivity (Wildman–Crippen MR) is 95.2 cm³/mol. The van der Waals surface area contributed by atoms with Gasteiger partial charge in [0.2, 0.25) is 0 Å². The maximum Gasteiger partial charge on any atom is 0.262 e. The lowest BCUT2D eigenvalue weighted by atomic mass is 10.1. The minimum Gasteiger partial charge on any atom is -0.482 e. The SMILES string of the molecule is C=CCn1c(C)nnc1S[C@@H](C)C(=O)c1ccc2c(c1)NC(=O)CO2. The molecule has 0 radical (unpaired) electrons. The van der Waals surface area contributed by atoms with Crippen LogP contribution in [0.1, 0.15) is 23.1 Å². The zero-order valence-corrected chi connectivity index (χ0v) is 14.8. The fourth-order valence-corrected chi connectivity index (χ4v) is 3.45. The Hall–Kier alpha value is -2.61. The van der Waals surface area contributed by atoms with E-state index in [2.05, 4.69) is 22.1 Å². The van der Waals surface area contributed by atoms with Gasteiger partial charge in [-0.3, -0.25) is 9.59 Å². The third kappa shape index (κ3) is 3.58. The van der Waals surface area contributed by atoms with Gasteiger partial charge in [0.05, 0.1) is 10.9 Å². The summed E-state index contributed by atoms with van der Waals surface area (Å²) in [5, 5.41) is 11.2. The maximum atomic E-state index is 12.7. The largest absolute Gasteiger partial charge is 0.482 e. The van der Waals surface area contributed by atoms with Gasteiger partial charge in [0.1, 0.15) is 11.6 Å². The van der Waals surface area contributed by atoms with Crippen molar-refractivity contribution >= 4 is 29.1 Å². The first kappa shape index (κ1) is 17.2. The van der Waals surface area contributed by atoms with Crippen LogP contribution in [-0.4, -0.2) is 38.3 Å². The van der Waals surface area contributed by atoms with Gasteiger partial charge in [-0.15, -0.1) is 16.8 Å². The molecule has 1 N–H and O–H groups in total. The number of thioether (sulfide) groups is 1. The number of nitrogens with zero attached hydrogens (tertiary/aromatic N) is 3. The topological polar surface area (TPSA) is 86.1 Å². The van der Waals surface area contributed by atoms with Crippen molar-refractivity contribution in [3.8, 4) is 5.75 Å². The summed E-state index contributed by atoms with van der Waals surface area (Å²) in [6, 6.07) is 5.05. The number of rotatable bonds is 6. The molecule has 0 spiro atoms. The molecular weight excluding hydrogens is 340 g/mol. The molecule has 0 bridgehead atoms. The third-order valence-corrected chi connectivity index (χ3v) is 4.84. The highest BCUT2D eigenvalue weighted by atomic mass is 32.2. The van der Waals surface area contributed by atoms with Crippen molar-refractivity contribution in [3.63, 3.8) is 0 Å². The number of carbonyl (C=O) groups is 2. The lowest BCUT2D eigenvalue weighted by Crippen LogP contribution is -2.25. The van der Waals surface area contributed by atoms with E-state index in [-0.39, 0.29) is 23.5 Å². The number of fused-ring (bicyclic) bond motifs is 1. The molecule has 7 nitrogen and oxygen atoms in total. The van der Waals surface area contributed by atoms with E-state index in [0.717, 1.165) is 5.82 Å². The Morgan fingerprint density at radius 3 is 3.08 bits per heavy atom. The molecule has 3 rings (SSSR count). The van der Waals surface area contributed by atoms with Crippen LogP contribution in [0.3, 0.4) is 0 Å². The van der Waals surface area contributed by atoms with Crippen molar-refractivity contribution in [3.05, 3.63) is 42.2 Å². The number of aromatic nitrogens is 3. The molecule has 1 aliphatic heterocycles. The quantitative estimate of drug-likeness (QED) is 0.485. The number of ether oxygens (including phenoxy) is 1. The summed E-state index contributed by atoms with van der Waals surface area (Å²) in [5.74, 6) is 1.06. The zero-order valence-electron chi connectivity index (χ0n) is 14.0. The number of anilines is 1. The number of ketones is 1. The molecule has 1 amide bonds. The van der Waals surface area contributed by atoms with Gasteiger partial charge >= 0.3 is 0 Å². The minimum absolute atomic E-state index is 0.00907. The number of aryl methyl sites for hydroxylation is 1. The highest BCUT2D eigenvalue weighted by Crippen LogP contribution is 2.31. The van der Waals surface area contributed by atoms with Gasteiger partial charge < -0.3 is 14.6 Å². The molecule has 0 unspecified atom stereocenters. The number of allylic oxidation sites excluding steroid dienone is 1. The standard InChI is InChI=1S/C17H18N4O3S/c1-4-7-21-11(3)19-20-17(21)25-10(2)16(23)12-5-6-14-13(8-12)18-15(22)9-24-14/h4-6,8,10H,1,7,9H2,2-3H3,(H,18,22)/t10-/m0/s1. The molecule has 2 aromatic rings. The van der Waals surface area contributed by atoms with Gasteiger partial charge in [-0.05, 0) is 32.0 Å². The maximum absolute atomic E-state index is 12.7. The Kier molecular flexibility index (Phi) is 4.89. The van der Waals surface area contributed by atoms with Crippen LogP contribution in [0.2, 0.25) is 0 Å². The number of Topliss-reactive ketones (excluding diaryl/α,β-unsaturated/α-hetero) is 1. The lowest BCUT2D eigenvalue weighted by molar-refractivity contribution is -0.118. The summed E-state index contributed by atoms with van der Waals surface area (Å²) in [6.07, 6.45) is 1.76. The number of amides is 1. The van der Waals surface area contributed by atoms with E-state index < -0.39 is 0 Å². The molecule has 0 aliphatic carbocycles. The molecule has 1 atom stereocenters. The molecule has 2 heterocycles. The third-order valence-electron chi connectivity index (χ3n) is 3.76. The van der Waals surface area contributed by atoms with E-state index in [9.17, 15) is 9.59 Å². The predicted octanol–water partition coefficient (Wildman–Crippen LogP) is 2.47. The number of carbonyl (C=O) groups excluding carboxylic acids is 2. The molecule has 8 heteroatoms. The molecule has 25 heavy (non-hydrogen) atoms. The molecule has 1 aromatic carbocycles. The molecule has 0 fully saturated rings. The molecule has 0 saturated heterocycles. The fourth-order valence-electron chi connectivity index (χ4n) is 2.47. The minimum atomic E-state index is -0.356. The van der Waals surface area contributed by atoms with Crippen LogP contribution in [0, 0.1) is 6.92 Å². The zero-order chi connectivity index (χ0) is 18.0. The van der Waals surface area contributed by atoms with E-state index in [1.807, 2.05) is 18.4 Å². The van der Waals surface area contributed by atoms with Crippen LogP contribution < -0.4 is 10.1 Å². The normalized spacial score (nSPS) is 14.2. The Bertz CT molecular complexity index is 846. The molecule has 0 saturated carbocycles. The van der Waals surface area contributed by atoms with Crippen molar-refractivity contribution in [2.24, 2.45) is 0 Å². The Morgan fingerprint density at radius 1 is 1.52 bits per heavy atom. The summed E-state index contributed by atoms with van der Waals surface area (Å²) in [4.78, 5) is 24.2. The van der Waals surface area contributed by atoms with E-state index in [1.165, 1.54) is 11.8 Å². The van der Waals surface area contributed by atoms with Crippen LogP contribution in [0.15, 0.2) is 36.0 Å². The summed E-state index contributed by atoms with van der Waals surface area (Å²) in [6.45, 7) is 7.99. The Labute approximate surface area is 149 Å². The second kappa shape index (κ2) is 7.10. The fraction of sp³-hybridized carbons (Fsp3) is 0.294. The van der Waals surface area contributed by atoms with Gasteiger partial charge in [0.25, 0.3) is 5.91 Å². The van der Waals surface area contributed by atoms with E-state index in [1.54, 1.807) is 24.3 Å². The summed E-state index contributed by atoms with van der Waals surface area (Å²) >= 11 is 1.35. The lowest BCUT2D eigenvalue weighted by Gasteiger charge is -2.19. The van der Waals surface area contributed by atoms with E-state index in [4.69, 9.17) is 4.74 Å². The van der Waals surface area contributed by atoms with Gasteiger partial charge in [0.15, 0.2) is 17.5 Å². The highest BCUT2D eigenvalue weighted by molar-refractivity contribution is 8.00. The summed E-state index contributed by atoms with van der Waals surface area (Å²) in [5.41, 5.74) is 1.03. The van der Waals surface area contributed by atoms with E-state index in [0.29, 0.717) is 28.7 Å². The number of nitrogens with one attached hydrogen (secondary N) is 1. The smallest absolute Gasteiger partial charge is 0.262 e. The van der Waals surface area contributed by atoms with Gasteiger partial charge in [-0.1, -0.05) is 17.8 Å². The second-order valence-electron chi connectivity index (χ2n) is 5.60. The highest BCUT2D eigenvalue weighted by Gasteiger charge is 2.23. The van der Waals surface area contributed by atoms with Crippen LogP contribution in [0.25, 0.3) is 0 Å². The first-order chi connectivity index (χ1) is 12.0. The van der Waals surface area contributed by atoms with Crippen LogP contribution in [0.5, 0.6) is 5.75 Å². The van der Waals surface area contributed by atoms with Crippen LogP contribution >= 0.6 is 11.8 Å². The van der Waals surface area contributed by atoms with Crippen LogP contribution in [0.4, 0.5) is 5.69 Å². The van der Waals surface area contributed by atoms with Crippen molar-refractivity contribution in [1.82, 2.24) is 14.8 Å². The average molecular weight is 358 g/mol. The van der Waals surface area contributed by atoms with Gasteiger partial charge in [0, 0.05) is 12.1 Å². The second-order valence-corrected chi connectivity index (χ2v) is 6.91. The van der Waals surface area contributed by atoms with Crippen LogP contribution in [-0.2, 0) is 11.3 Å². The monoisotopic (exact) mass is 358 g/mol. The molecule has 130 valence electrons. The van der Waals surface area contributed by atoms with Crippen molar-refractivity contribution in [1.29, 1.82) is 0 Å². The number of hydrogen-bond donors (Lipinski definition) is 1. The Morgan fingerprint density at radius 2 is 2.32 bits per heavy atom. The summed E-state index contributed by atoms with van der Waals surface area (Å²) < 4.78 is 7.22. The van der Waals surface area contributed by atoms with Gasteiger partial charge in [-0.25, -0.2) is 0 Å². The first-order valence-electron chi connectivity index (χ1n) is 7.78. The summed E-state index contributed by atoms with van der Waals surface area (Å²) in [7, 11) is 0. The number of hydrogen-bond acceptors (Lipinski definition) is 6. The van der Waals surface area contributed by atoms with Crippen molar-refractivity contribution in [2.45, 2.75) is 30.8 Å². The first-order valence-corrected chi connectivity index (χ1v) is 8.66. The molecular formula is C17H18N4O3S. The van der Waals surface area contributed by atoms with Crippen molar-refractivity contribution < 1.29 is 14.3 Å². The average Bonchev–Trinajstić information content (AvgIpc) is 2.94. The van der Waals surface area contributed by atoms with E-state index >= 15 is 0 Å².